The number of halogens is 2. The second kappa shape index (κ2) is 11.4. The van der Waals surface area contributed by atoms with Crippen molar-refractivity contribution in [3.63, 3.8) is 0 Å². The first-order chi connectivity index (χ1) is 17.4. The van der Waals surface area contributed by atoms with Crippen molar-refractivity contribution in [2.24, 2.45) is 0 Å². The van der Waals surface area contributed by atoms with Crippen molar-refractivity contribution in [3.05, 3.63) is 137 Å². The Labute approximate surface area is 209 Å². The van der Waals surface area contributed by atoms with E-state index < -0.39 is 17.5 Å². The van der Waals surface area contributed by atoms with E-state index in [0.717, 1.165) is 23.3 Å². The molecule has 0 aliphatic rings. The molecule has 0 aromatic heterocycles. The molecule has 0 spiro atoms. The van der Waals surface area contributed by atoms with E-state index in [-0.39, 0.29) is 30.5 Å². The van der Waals surface area contributed by atoms with Crippen molar-refractivity contribution in [1.29, 1.82) is 0 Å². The van der Waals surface area contributed by atoms with Crippen molar-refractivity contribution >= 4 is 17.5 Å². The molecule has 0 aliphatic carbocycles. The van der Waals surface area contributed by atoms with Gasteiger partial charge in [-0.2, -0.15) is 0 Å². The number of carbonyl (C=O) groups excluding carboxylic acids is 2. The highest BCUT2D eigenvalue weighted by Crippen LogP contribution is 2.24. The van der Waals surface area contributed by atoms with Crippen molar-refractivity contribution in [2.75, 3.05) is 4.90 Å². The second-order valence-corrected chi connectivity index (χ2v) is 8.55. The van der Waals surface area contributed by atoms with Gasteiger partial charge >= 0.3 is 0 Å². The normalized spacial score (nSPS) is 11.5. The summed E-state index contributed by atoms with van der Waals surface area (Å²) in [6.45, 7) is 2.10. The number of hydrogen-bond donors (Lipinski definition) is 1. The zero-order valence-electron chi connectivity index (χ0n) is 19.8. The van der Waals surface area contributed by atoms with Crippen LogP contribution in [-0.2, 0) is 17.8 Å². The van der Waals surface area contributed by atoms with E-state index in [2.05, 4.69) is 5.32 Å². The molecule has 0 unspecified atom stereocenters. The van der Waals surface area contributed by atoms with E-state index in [4.69, 9.17) is 0 Å². The molecule has 36 heavy (non-hydrogen) atoms. The van der Waals surface area contributed by atoms with Crippen molar-refractivity contribution in [3.8, 4) is 0 Å². The SMILES string of the molecule is C[C@@H](NC(=O)Cc1cccc(N(Cc2ccccc2)C(=O)c2ccc(F)cc2F)c1)c1ccccc1. The molecule has 182 valence electrons. The van der Waals surface area contributed by atoms with E-state index in [0.29, 0.717) is 17.3 Å². The Kier molecular flexibility index (Phi) is 7.85. The first kappa shape index (κ1) is 24.8. The van der Waals surface area contributed by atoms with E-state index in [1.54, 1.807) is 24.3 Å². The van der Waals surface area contributed by atoms with Crippen LogP contribution in [0.25, 0.3) is 0 Å². The van der Waals surface area contributed by atoms with Gasteiger partial charge in [0.1, 0.15) is 11.6 Å². The van der Waals surface area contributed by atoms with Crippen LogP contribution in [0.3, 0.4) is 0 Å². The summed E-state index contributed by atoms with van der Waals surface area (Å²) < 4.78 is 27.9. The largest absolute Gasteiger partial charge is 0.349 e. The van der Waals surface area contributed by atoms with E-state index in [1.807, 2.05) is 67.6 Å². The summed E-state index contributed by atoms with van der Waals surface area (Å²) >= 11 is 0. The number of rotatable bonds is 8. The summed E-state index contributed by atoms with van der Waals surface area (Å²) in [6.07, 6.45) is 0.114. The standard InChI is InChI=1S/C30H26F2N2O2/c1-21(24-12-6-3-7-13-24)33-29(35)18-23-11-8-14-26(17-23)34(20-22-9-4-2-5-10-22)30(36)27-16-15-25(31)19-28(27)32/h2-17,19,21H,18,20H2,1H3,(H,33,35)/t21-/m1/s1. The van der Waals surface area contributed by atoms with Crippen LogP contribution in [0.2, 0.25) is 0 Å². The maximum Gasteiger partial charge on any atom is 0.261 e. The molecule has 2 amide bonds. The molecular weight excluding hydrogens is 458 g/mol. The maximum atomic E-state index is 14.5. The molecule has 0 bridgehead atoms. The van der Waals surface area contributed by atoms with Gasteiger partial charge in [-0.15, -0.1) is 0 Å². The molecule has 1 N–H and O–H groups in total. The third-order valence-corrected chi connectivity index (χ3v) is 5.85. The van der Waals surface area contributed by atoms with E-state index in [1.165, 1.54) is 4.90 Å². The fraction of sp³-hybridized carbons (Fsp3) is 0.133. The van der Waals surface area contributed by atoms with Crippen LogP contribution in [-0.4, -0.2) is 11.8 Å². The maximum absolute atomic E-state index is 14.5. The predicted molar refractivity (Wildman–Crippen MR) is 136 cm³/mol. The first-order valence-electron chi connectivity index (χ1n) is 11.6. The fourth-order valence-electron chi connectivity index (χ4n) is 3.99. The highest BCUT2D eigenvalue weighted by Gasteiger charge is 2.22. The molecular formula is C30H26F2N2O2. The van der Waals surface area contributed by atoms with Crippen molar-refractivity contribution in [1.82, 2.24) is 5.32 Å². The number of benzene rings is 4. The topological polar surface area (TPSA) is 49.4 Å². The van der Waals surface area contributed by atoms with Gasteiger partial charge < -0.3 is 10.2 Å². The average Bonchev–Trinajstić information content (AvgIpc) is 2.88. The van der Waals surface area contributed by atoms with E-state index >= 15 is 0 Å². The Morgan fingerprint density at radius 2 is 1.47 bits per heavy atom. The lowest BCUT2D eigenvalue weighted by atomic mass is 10.1. The number of carbonyl (C=O) groups is 2. The number of anilines is 1. The average molecular weight is 485 g/mol. The Bertz CT molecular complexity index is 1340. The van der Waals surface area contributed by atoms with Gasteiger partial charge in [-0.25, -0.2) is 8.78 Å². The minimum atomic E-state index is -0.927. The number of nitrogens with zero attached hydrogens (tertiary/aromatic N) is 1. The quantitative estimate of drug-likeness (QED) is 0.322. The smallest absolute Gasteiger partial charge is 0.261 e. The highest BCUT2D eigenvalue weighted by molar-refractivity contribution is 6.06. The number of amides is 2. The number of hydrogen-bond acceptors (Lipinski definition) is 2. The lowest BCUT2D eigenvalue weighted by Crippen LogP contribution is -2.31. The summed E-state index contributed by atoms with van der Waals surface area (Å²) in [5.74, 6) is -2.44. The molecule has 0 fully saturated rings. The molecule has 6 heteroatoms. The Morgan fingerprint density at radius 1 is 0.806 bits per heavy atom. The predicted octanol–water partition coefficient (Wildman–Crippen LogP) is 6.23. The van der Waals surface area contributed by atoms with Gasteiger partial charge in [0.25, 0.3) is 5.91 Å². The number of nitrogens with one attached hydrogen (secondary N) is 1. The van der Waals surface area contributed by atoms with Crippen LogP contribution in [0.15, 0.2) is 103 Å². The third-order valence-electron chi connectivity index (χ3n) is 5.85. The van der Waals surface area contributed by atoms with Gasteiger partial charge in [-0.3, -0.25) is 9.59 Å². The molecule has 4 aromatic carbocycles. The van der Waals surface area contributed by atoms with Gasteiger partial charge in [-0.1, -0.05) is 72.8 Å². The zero-order valence-corrected chi connectivity index (χ0v) is 19.8. The van der Waals surface area contributed by atoms with Crippen LogP contribution >= 0.6 is 0 Å². The van der Waals surface area contributed by atoms with Crippen LogP contribution in [0.1, 0.15) is 40.0 Å². The Balaban J connectivity index is 1.58. The Morgan fingerprint density at radius 3 is 2.17 bits per heavy atom. The summed E-state index contributed by atoms with van der Waals surface area (Å²) in [4.78, 5) is 27.6. The summed E-state index contributed by atoms with van der Waals surface area (Å²) in [5.41, 5.74) is 2.82. The van der Waals surface area contributed by atoms with E-state index in [9.17, 15) is 18.4 Å². The summed E-state index contributed by atoms with van der Waals surface area (Å²) in [7, 11) is 0. The third kappa shape index (κ3) is 6.21. The minimum absolute atomic E-state index is 0.114. The summed E-state index contributed by atoms with van der Waals surface area (Å²) in [5, 5.41) is 2.99. The monoisotopic (exact) mass is 484 g/mol. The zero-order chi connectivity index (χ0) is 25.5. The van der Waals surface area contributed by atoms with Gasteiger partial charge in [0, 0.05) is 11.8 Å². The van der Waals surface area contributed by atoms with Crippen LogP contribution in [0, 0.1) is 11.6 Å². The molecule has 4 nitrogen and oxygen atoms in total. The van der Waals surface area contributed by atoms with Crippen LogP contribution < -0.4 is 10.2 Å². The lowest BCUT2D eigenvalue weighted by molar-refractivity contribution is -0.121. The first-order valence-corrected chi connectivity index (χ1v) is 11.6. The van der Waals surface area contributed by atoms with Gasteiger partial charge in [0.05, 0.1) is 24.6 Å². The van der Waals surface area contributed by atoms with Crippen LogP contribution in [0.5, 0.6) is 0 Å². The van der Waals surface area contributed by atoms with Gasteiger partial charge in [-0.05, 0) is 47.9 Å². The lowest BCUT2D eigenvalue weighted by Gasteiger charge is -2.24. The highest BCUT2D eigenvalue weighted by atomic mass is 19.1. The van der Waals surface area contributed by atoms with Gasteiger partial charge in [0.15, 0.2) is 0 Å². The molecule has 0 saturated carbocycles. The molecule has 4 rings (SSSR count). The minimum Gasteiger partial charge on any atom is -0.349 e. The fourth-order valence-corrected chi connectivity index (χ4v) is 3.99. The summed E-state index contributed by atoms with van der Waals surface area (Å²) in [6, 6.07) is 28.8. The molecule has 0 heterocycles. The van der Waals surface area contributed by atoms with Crippen LogP contribution in [0.4, 0.5) is 14.5 Å². The van der Waals surface area contributed by atoms with Crippen molar-refractivity contribution < 1.29 is 18.4 Å². The molecule has 0 aliphatic heterocycles. The molecule has 1 atom stereocenters. The second-order valence-electron chi connectivity index (χ2n) is 8.55. The molecule has 0 saturated heterocycles. The molecule has 4 aromatic rings. The molecule has 0 radical (unpaired) electrons. The van der Waals surface area contributed by atoms with Crippen molar-refractivity contribution in [2.45, 2.75) is 25.9 Å². The van der Waals surface area contributed by atoms with Gasteiger partial charge in [0.2, 0.25) is 5.91 Å². The Hall–Kier alpha value is -4.32.